The second-order valence-electron chi connectivity index (χ2n) is 8.89. The Bertz CT molecular complexity index is 625. The third-order valence-electron chi connectivity index (χ3n) is 6.40. The molecule has 0 saturated carbocycles. The molecular weight excluding hydrogens is 384 g/mol. The zero-order valence-electron chi connectivity index (χ0n) is 18.3. The molecule has 30 heavy (non-hydrogen) atoms. The van der Waals surface area contributed by atoms with Crippen molar-refractivity contribution >= 4 is 11.9 Å². The van der Waals surface area contributed by atoms with Gasteiger partial charge in [-0.3, -0.25) is 9.59 Å². The lowest BCUT2D eigenvalue weighted by atomic mass is 9.66. The van der Waals surface area contributed by atoms with Crippen LogP contribution in [0.1, 0.15) is 78.1 Å². The second-order valence-corrected chi connectivity index (χ2v) is 8.89. The van der Waals surface area contributed by atoms with Crippen LogP contribution in [0.4, 0.5) is 0 Å². The monoisotopic (exact) mass is 422 g/mol. The summed E-state index contributed by atoms with van der Waals surface area (Å²) in [7, 11) is 0. The van der Waals surface area contributed by atoms with E-state index in [1.165, 1.54) is 5.57 Å². The molecular formula is C24H38O6. The molecule has 2 rings (SSSR count). The fourth-order valence-corrected chi connectivity index (χ4v) is 4.80. The van der Waals surface area contributed by atoms with E-state index in [0.717, 1.165) is 38.5 Å². The van der Waals surface area contributed by atoms with E-state index >= 15 is 0 Å². The van der Waals surface area contributed by atoms with E-state index in [9.17, 15) is 19.8 Å². The molecule has 3 N–H and O–H groups in total. The summed E-state index contributed by atoms with van der Waals surface area (Å²) in [5.41, 5.74) is 1.22. The molecule has 6 nitrogen and oxygen atoms in total. The highest BCUT2D eigenvalue weighted by molar-refractivity contribution is 5.69. The number of unbranched alkanes of at least 4 members (excludes halogenated alkanes) is 2. The summed E-state index contributed by atoms with van der Waals surface area (Å²) >= 11 is 0. The number of esters is 1. The Hall–Kier alpha value is -1.66. The maximum atomic E-state index is 12.3. The molecule has 2 aliphatic rings. The number of hydrogen-bond donors (Lipinski definition) is 3. The van der Waals surface area contributed by atoms with Crippen molar-refractivity contribution in [2.45, 2.75) is 96.4 Å². The average molecular weight is 423 g/mol. The molecule has 0 heterocycles. The molecule has 0 aliphatic heterocycles. The molecule has 0 aromatic rings. The van der Waals surface area contributed by atoms with Crippen LogP contribution in [0.2, 0.25) is 0 Å². The Morgan fingerprint density at radius 2 is 2.00 bits per heavy atom. The minimum atomic E-state index is -1.07. The van der Waals surface area contributed by atoms with Gasteiger partial charge in [-0.25, -0.2) is 0 Å². The lowest BCUT2D eigenvalue weighted by molar-refractivity contribution is -0.153. The summed E-state index contributed by atoms with van der Waals surface area (Å²) in [5.74, 6) is -0.525. The van der Waals surface area contributed by atoms with Crippen LogP contribution < -0.4 is 0 Å². The maximum Gasteiger partial charge on any atom is 0.306 e. The van der Waals surface area contributed by atoms with Crippen LogP contribution in [0.15, 0.2) is 23.8 Å². The Morgan fingerprint density at radius 3 is 2.70 bits per heavy atom. The maximum absolute atomic E-state index is 12.3. The number of aliphatic carboxylic acids is 1. The van der Waals surface area contributed by atoms with Gasteiger partial charge >= 0.3 is 11.9 Å². The van der Waals surface area contributed by atoms with Crippen LogP contribution in [0, 0.1) is 17.8 Å². The number of rotatable bonds is 12. The first-order valence-corrected chi connectivity index (χ1v) is 11.5. The van der Waals surface area contributed by atoms with Crippen LogP contribution in [0.25, 0.3) is 0 Å². The lowest BCUT2D eigenvalue weighted by Gasteiger charge is -2.42. The van der Waals surface area contributed by atoms with Crippen molar-refractivity contribution in [1.82, 2.24) is 0 Å². The van der Waals surface area contributed by atoms with Gasteiger partial charge in [-0.1, -0.05) is 44.9 Å². The SMILES string of the molecule is CCCCCC(=O)OC1CCC=C2C=CC(C)C(CCC(O)CC(O)CC(=O)O)C21. The molecule has 0 aromatic carbocycles. The summed E-state index contributed by atoms with van der Waals surface area (Å²) in [6.07, 6.45) is 10.7. The van der Waals surface area contributed by atoms with Gasteiger partial charge in [-0.2, -0.15) is 0 Å². The van der Waals surface area contributed by atoms with E-state index in [1.54, 1.807) is 0 Å². The number of ether oxygens (including phenoxy) is 1. The number of carboxylic acids is 1. The molecule has 0 aromatic heterocycles. The molecule has 6 heteroatoms. The predicted molar refractivity (Wildman–Crippen MR) is 115 cm³/mol. The smallest absolute Gasteiger partial charge is 0.306 e. The van der Waals surface area contributed by atoms with Crippen molar-refractivity contribution in [2.24, 2.45) is 17.8 Å². The number of carboxylic acid groups (broad SMARTS) is 1. The first kappa shape index (κ1) is 24.6. The topological polar surface area (TPSA) is 104 Å². The van der Waals surface area contributed by atoms with E-state index in [4.69, 9.17) is 9.84 Å². The number of carbonyl (C=O) groups excluding carboxylic acids is 1. The first-order chi connectivity index (χ1) is 14.3. The fraction of sp³-hybridized carbons (Fsp3) is 0.750. The van der Waals surface area contributed by atoms with Gasteiger partial charge in [-0.05, 0) is 55.9 Å². The van der Waals surface area contributed by atoms with Gasteiger partial charge in [0.1, 0.15) is 6.10 Å². The Balaban J connectivity index is 1.98. The van der Waals surface area contributed by atoms with E-state index in [-0.39, 0.29) is 36.8 Å². The fourth-order valence-electron chi connectivity index (χ4n) is 4.80. The lowest BCUT2D eigenvalue weighted by Crippen LogP contribution is -2.39. The summed E-state index contributed by atoms with van der Waals surface area (Å²) < 4.78 is 5.92. The van der Waals surface area contributed by atoms with Crippen molar-refractivity contribution in [3.8, 4) is 0 Å². The number of aliphatic hydroxyl groups excluding tert-OH is 2. The molecule has 6 atom stereocenters. The van der Waals surface area contributed by atoms with Crippen LogP contribution in [-0.4, -0.2) is 45.6 Å². The molecule has 0 bridgehead atoms. The number of allylic oxidation sites excluding steroid dienone is 3. The van der Waals surface area contributed by atoms with Crippen molar-refractivity contribution in [2.75, 3.05) is 0 Å². The van der Waals surface area contributed by atoms with Gasteiger partial charge < -0.3 is 20.1 Å². The standard InChI is InChI=1S/C24H38O6/c1-3-4-5-9-23(29)30-21-8-6-7-17-11-10-16(2)20(24(17)21)13-12-18(25)14-19(26)15-22(27)28/h7,10-11,16,18-21,24-26H,3-6,8-9,12-15H2,1-2H3,(H,27,28). The Labute approximate surface area is 180 Å². The van der Waals surface area contributed by atoms with Crippen LogP contribution >= 0.6 is 0 Å². The van der Waals surface area contributed by atoms with Crippen LogP contribution in [0.5, 0.6) is 0 Å². The summed E-state index contributed by atoms with van der Waals surface area (Å²) in [5, 5.41) is 28.9. The third-order valence-corrected chi connectivity index (χ3v) is 6.40. The quantitative estimate of drug-likeness (QED) is 0.324. The van der Waals surface area contributed by atoms with Gasteiger partial charge in [-0.15, -0.1) is 0 Å². The minimum absolute atomic E-state index is 0.0620. The predicted octanol–water partition coefficient (Wildman–Crippen LogP) is 4.00. The molecule has 0 fully saturated rings. The van der Waals surface area contributed by atoms with E-state index in [1.807, 2.05) is 0 Å². The Morgan fingerprint density at radius 1 is 1.23 bits per heavy atom. The van der Waals surface area contributed by atoms with Gasteiger partial charge in [0.15, 0.2) is 0 Å². The third kappa shape index (κ3) is 7.55. The Kier molecular flexibility index (Phi) is 10.1. The van der Waals surface area contributed by atoms with Crippen molar-refractivity contribution in [3.05, 3.63) is 23.8 Å². The summed E-state index contributed by atoms with van der Waals surface area (Å²) in [4.78, 5) is 23.1. The molecule has 0 spiro atoms. The minimum Gasteiger partial charge on any atom is -0.481 e. The van der Waals surface area contributed by atoms with Crippen molar-refractivity contribution < 1.29 is 29.6 Å². The molecule has 0 radical (unpaired) electrons. The number of hydrogen-bond acceptors (Lipinski definition) is 5. The van der Waals surface area contributed by atoms with Crippen molar-refractivity contribution in [1.29, 1.82) is 0 Å². The molecule has 0 amide bonds. The van der Waals surface area contributed by atoms with Gasteiger partial charge in [0.2, 0.25) is 0 Å². The second kappa shape index (κ2) is 12.3. The number of carbonyl (C=O) groups is 2. The van der Waals surface area contributed by atoms with E-state index in [0.29, 0.717) is 18.8 Å². The summed E-state index contributed by atoms with van der Waals surface area (Å²) in [6, 6.07) is 0. The normalized spacial score (nSPS) is 27.7. The van der Waals surface area contributed by atoms with Gasteiger partial charge in [0, 0.05) is 12.3 Å². The summed E-state index contributed by atoms with van der Waals surface area (Å²) in [6.45, 7) is 4.26. The molecule has 6 unspecified atom stereocenters. The van der Waals surface area contributed by atoms with Crippen LogP contribution in [-0.2, 0) is 14.3 Å². The van der Waals surface area contributed by atoms with E-state index in [2.05, 4.69) is 32.1 Å². The molecule has 2 aliphatic carbocycles. The number of aliphatic hydroxyl groups is 2. The molecule has 0 saturated heterocycles. The van der Waals surface area contributed by atoms with Crippen molar-refractivity contribution in [3.63, 3.8) is 0 Å². The van der Waals surface area contributed by atoms with E-state index < -0.39 is 18.2 Å². The largest absolute Gasteiger partial charge is 0.481 e. The van der Waals surface area contributed by atoms with Gasteiger partial charge in [0.25, 0.3) is 0 Å². The van der Waals surface area contributed by atoms with Gasteiger partial charge in [0.05, 0.1) is 18.6 Å². The highest BCUT2D eigenvalue weighted by Crippen LogP contribution is 2.43. The highest BCUT2D eigenvalue weighted by atomic mass is 16.5. The number of fused-ring (bicyclic) bond motifs is 1. The highest BCUT2D eigenvalue weighted by Gasteiger charge is 2.39. The first-order valence-electron chi connectivity index (χ1n) is 11.5. The van der Waals surface area contributed by atoms with Crippen LogP contribution in [0.3, 0.4) is 0 Å². The zero-order chi connectivity index (χ0) is 22.1. The zero-order valence-corrected chi connectivity index (χ0v) is 18.3. The average Bonchev–Trinajstić information content (AvgIpc) is 2.67. The molecule has 170 valence electrons.